The van der Waals surface area contributed by atoms with Crippen LogP contribution in [0.25, 0.3) is 22.0 Å². The van der Waals surface area contributed by atoms with Gasteiger partial charge in [-0.1, -0.05) is 48.5 Å². The molecule has 0 spiro atoms. The molecule has 0 atom stereocenters. The Balaban J connectivity index is 1.32. The Labute approximate surface area is 196 Å². The number of hydrogen-bond donors (Lipinski definition) is 1. The van der Waals surface area contributed by atoms with Gasteiger partial charge in [0.15, 0.2) is 0 Å². The van der Waals surface area contributed by atoms with Crippen LogP contribution >= 0.6 is 0 Å². The molecular weight excluding hydrogens is 406 g/mol. The summed E-state index contributed by atoms with van der Waals surface area (Å²) in [4.78, 5) is 14.4. The molecule has 1 aliphatic rings. The Kier molecular flexibility index (Phi) is 5.73. The average Bonchev–Trinajstić information content (AvgIpc) is 2.84. The first kappa shape index (κ1) is 21.4. The van der Waals surface area contributed by atoms with Gasteiger partial charge < -0.3 is 10.2 Å². The molecule has 0 unspecified atom stereocenters. The molecular formula is C28H31N5. The number of piperazine rings is 1. The summed E-state index contributed by atoms with van der Waals surface area (Å²) in [6, 6.07) is 25.2. The average molecular weight is 438 g/mol. The van der Waals surface area contributed by atoms with Crippen molar-refractivity contribution in [2.24, 2.45) is 0 Å². The fourth-order valence-electron chi connectivity index (χ4n) is 4.49. The zero-order valence-corrected chi connectivity index (χ0v) is 19.6. The maximum Gasteiger partial charge on any atom is 0.227 e. The number of nitrogens with zero attached hydrogens (tertiary/aromatic N) is 4. The first-order valence-corrected chi connectivity index (χ1v) is 11.7. The van der Waals surface area contributed by atoms with Crippen LogP contribution in [0.4, 0.5) is 17.3 Å². The van der Waals surface area contributed by atoms with Gasteiger partial charge in [0.2, 0.25) is 5.95 Å². The van der Waals surface area contributed by atoms with Crippen LogP contribution in [0.1, 0.15) is 20.8 Å². The van der Waals surface area contributed by atoms with Gasteiger partial charge in [-0.15, -0.1) is 0 Å². The van der Waals surface area contributed by atoms with Crippen LogP contribution in [0.15, 0.2) is 79.0 Å². The predicted molar refractivity (Wildman–Crippen MR) is 138 cm³/mol. The number of fused-ring (bicyclic) bond motifs is 1. The van der Waals surface area contributed by atoms with E-state index in [9.17, 15) is 0 Å². The van der Waals surface area contributed by atoms with E-state index in [0.29, 0.717) is 5.95 Å². The number of hydrogen-bond acceptors (Lipinski definition) is 5. The van der Waals surface area contributed by atoms with Crippen molar-refractivity contribution in [3.05, 3.63) is 79.0 Å². The fourth-order valence-corrected chi connectivity index (χ4v) is 4.49. The molecule has 1 aliphatic heterocycles. The van der Waals surface area contributed by atoms with Gasteiger partial charge in [-0.2, -0.15) is 0 Å². The molecule has 1 aromatic heterocycles. The second-order valence-corrected chi connectivity index (χ2v) is 9.62. The van der Waals surface area contributed by atoms with Crippen molar-refractivity contribution in [2.75, 3.05) is 36.4 Å². The minimum absolute atomic E-state index is 0.236. The largest absolute Gasteiger partial charge is 0.369 e. The summed E-state index contributed by atoms with van der Waals surface area (Å²) < 4.78 is 0. The zero-order valence-electron chi connectivity index (χ0n) is 19.6. The molecule has 4 aromatic rings. The molecule has 5 rings (SSSR count). The van der Waals surface area contributed by atoms with Crippen LogP contribution in [-0.2, 0) is 0 Å². The van der Waals surface area contributed by atoms with Gasteiger partial charge in [-0.25, -0.2) is 9.97 Å². The number of nitrogens with one attached hydrogen (secondary N) is 1. The molecule has 0 radical (unpaired) electrons. The number of benzene rings is 3. The first-order chi connectivity index (χ1) is 16.0. The van der Waals surface area contributed by atoms with Crippen molar-refractivity contribution in [3.63, 3.8) is 0 Å². The monoisotopic (exact) mass is 437 g/mol. The van der Waals surface area contributed by atoms with Crippen molar-refractivity contribution in [1.82, 2.24) is 14.9 Å². The molecule has 3 aromatic carbocycles. The zero-order chi connectivity index (χ0) is 22.8. The standard InChI is InChI=1S/C28H31N5/c1-28(2,3)33-18-16-32(17-19-33)24-14-12-23(13-15-24)30-27-29-20-22-10-7-11-25(26(22)31-27)21-8-5-4-6-9-21/h4-15,20H,16-19H2,1-3H3,(H,29,30,31). The summed E-state index contributed by atoms with van der Waals surface area (Å²) in [5.41, 5.74) is 5.71. The summed E-state index contributed by atoms with van der Waals surface area (Å²) >= 11 is 0. The van der Waals surface area contributed by atoms with Crippen LogP contribution < -0.4 is 10.2 Å². The SMILES string of the molecule is CC(C)(C)N1CCN(c2ccc(Nc3ncc4cccc(-c5ccccc5)c4n3)cc2)CC1. The maximum atomic E-state index is 4.85. The fraction of sp³-hybridized carbons (Fsp3) is 0.286. The Hall–Kier alpha value is -3.44. The van der Waals surface area contributed by atoms with E-state index in [2.05, 4.69) is 108 Å². The molecule has 0 saturated carbocycles. The summed E-state index contributed by atoms with van der Waals surface area (Å²) in [7, 11) is 0. The minimum Gasteiger partial charge on any atom is -0.369 e. The van der Waals surface area contributed by atoms with Crippen molar-refractivity contribution < 1.29 is 0 Å². The highest BCUT2D eigenvalue weighted by Gasteiger charge is 2.25. The van der Waals surface area contributed by atoms with E-state index in [1.807, 2.05) is 12.3 Å². The van der Waals surface area contributed by atoms with E-state index >= 15 is 0 Å². The van der Waals surface area contributed by atoms with Crippen molar-refractivity contribution >= 4 is 28.2 Å². The van der Waals surface area contributed by atoms with Crippen LogP contribution in [0, 0.1) is 0 Å². The topological polar surface area (TPSA) is 44.3 Å². The van der Waals surface area contributed by atoms with E-state index < -0.39 is 0 Å². The molecule has 5 nitrogen and oxygen atoms in total. The maximum absolute atomic E-state index is 4.85. The molecule has 33 heavy (non-hydrogen) atoms. The molecule has 5 heteroatoms. The third-order valence-corrected chi connectivity index (χ3v) is 6.41. The molecule has 0 bridgehead atoms. The molecule has 1 N–H and O–H groups in total. The highest BCUT2D eigenvalue weighted by Crippen LogP contribution is 2.28. The summed E-state index contributed by atoms with van der Waals surface area (Å²) in [6.45, 7) is 11.2. The third-order valence-electron chi connectivity index (χ3n) is 6.41. The van der Waals surface area contributed by atoms with Crippen molar-refractivity contribution in [3.8, 4) is 11.1 Å². The summed E-state index contributed by atoms with van der Waals surface area (Å²) in [6.07, 6.45) is 1.89. The number of rotatable bonds is 4. The van der Waals surface area contributed by atoms with E-state index in [0.717, 1.165) is 53.9 Å². The molecule has 0 amide bonds. The van der Waals surface area contributed by atoms with Crippen LogP contribution in [0.2, 0.25) is 0 Å². The third kappa shape index (κ3) is 4.69. The van der Waals surface area contributed by atoms with Crippen molar-refractivity contribution in [2.45, 2.75) is 26.3 Å². The van der Waals surface area contributed by atoms with Gasteiger partial charge in [0, 0.05) is 60.2 Å². The highest BCUT2D eigenvalue weighted by molar-refractivity contribution is 5.93. The highest BCUT2D eigenvalue weighted by atomic mass is 15.3. The smallest absolute Gasteiger partial charge is 0.227 e. The van der Waals surface area contributed by atoms with Crippen molar-refractivity contribution in [1.29, 1.82) is 0 Å². The van der Waals surface area contributed by atoms with Gasteiger partial charge in [0.1, 0.15) is 0 Å². The quantitative estimate of drug-likeness (QED) is 0.427. The Morgan fingerprint density at radius 1 is 0.788 bits per heavy atom. The van der Waals surface area contributed by atoms with Crippen LogP contribution in [0.5, 0.6) is 0 Å². The summed E-state index contributed by atoms with van der Waals surface area (Å²) in [5, 5.41) is 4.42. The number of anilines is 3. The lowest BCUT2D eigenvalue weighted by molar-refractivity contribution is 0.128. The van der Waals surface area contributed by atoms with Gasteiger partial charge >= 0.3 is 0 Å². The Morgan fingerprint density at radius 3 is 2.21 bits per heavy atom. The normalized spacial score (nSPS) is 15.1. The van der Waals surface area contributed by atoms with E-state index in [1.165, 1.54) is 5.69 Å². The van der Waals surface area contributed by atoms with Gasteiger partial charge in [-0.3, -0.25) is 4.90 Å². The summed E-state index contributed by atoms with van der Waals surface area (Å²) in [5.74, 6) is 0.609. The van der Waals surface area contributed by atoms with Crippen LogP contribution in [0.3, 0.4) is 0 Å². The predicted octanol–water partition coefficient (Wildman–Crippen LogP) is 5.96. The van der Waals surface area contributed by atoms with E-state index in [4.69, 9.17) is 4.98 Å². The Morgan fingerprint density at radius 2 is 1.52 bits per heavy atom. The second-order valence-electron chi connectivity index (χ2n) is 9.62. The minimum atomic E-state index is 0.236. The number of para-hydroxylation sites is 1. The first-order valence-electron chi connectivity index (χ1n) is 11.7. The van der Waals surface area contributed by atoms with Gasteiger partial charge in [-0.05, 0) is 50.6 Å². The lowest BCUT2D eigenvalue weighted by Gasteiger charge is -2.43. The molecule has 1 saturated heterocycles. The Bertz CT molecular complexity index is 1220. The van der Waals surface area contributed by atoms with Gasteiger partial charge in [0.05, 0.1) is 5.52 Å². The van der Waals surface area contributed by atoms with E-state index in [1.54, 1.807) is 0 Å². The van der Waals surface area contributed by atoms with E-state index in [-0.39, 0.29) is 5.54 Å². The molecule has 0 aliphatic carbocycles. The lowest BCUT2D eigenvalue weighted by Crippen LogP contribution is -2.53. The van der Waals surface area contributed by atoms with Gasteiger partial charge in [0.25, 0.3) is 0 Å². The second kappa shape index (κ2) is 8.83. The molecule has 2 heterocycles. The number of aromatic nitrogens is 2. The lowest BCUT2D eigenvalue weighted by atomic mass is 10.0. The molecule has 1 fully saturated rings. The van der Waals surface area contributed by atoms with Crippen LogP contribution in [-0.4, -0.2) is 46.6 Å². The molecule has 168 valence electrons.